The average Bonchev–Trinajstić information content (AvgIpc) is 3.20. The second-order valence-corrected chi connectivity index (χ2v) is 10.7. The van der Waals surface area contributed by atoms with E-state index in [9.17, 15) is 4.79 Å². The van der Waals surface area contributed by atoms with Crippen LogP contribution in [0.3, 0.4) is 0 Å². The van der Waals surface area contributed by atoms with Gasteiger partial charge in [-0.2, -0.15) is 4.98 Å². The van der Waals surface area contributed by atoms with Crippen LogP contribution in [-0.2, 0) is 14.2 Å². The molecular formula is C20H27BrClN5O4. The number of carbonyl (C=O) groups is 1. The number of hydrogen-bond donors (Lipinski definition) is 2. The van der Waals surface area contributed by atoms with Crippen molar-refractivity contribution >= 4 is 50.5 Å². The molecule has 1 aliphatic heterocycles. The zero-order chi connectivity index (χ0) is 22.7. The number of halogens is 2. The summed E-state index contributed by atoms with van der Waals surface area (Å²) in [4.78, 5) is 20.6. The molecule has 1 aliphatic carbocycles. The molecule has 0 bridgehead atoms. The number of rotatable bonds is 3. The van der Waals surface area contributed by atoms with Crippen LogP contribution >= 0.6 is 27.5 Å². The fourth-order valence-electron chi connectivity index (χ4n) is 4.41. The van der Waals surface area contributed by atoms with Gasteiger partial charge >= 0.3 is 6.09 Å². The summed E-state index contributed by atoms with van der Waals surface area (Å²) in [5.41, 5.74) is 6.15. The number of hydrogen-bond acceptors (Lipinski definition) is 7. The molecular weight excluding hydrogens is 490 g/mol. The third-order valence-corrected chi connectivity index (χ3v) is 6.21. The maximum Gasteiger partial charge on any atom is 0.407 e. The number of nitrogens with zero attached hydrogens (tertiary/aromatic N) is 3. The van der Waals surface area contributed by atoms with E-state index in [-0.39, 0.29) is 29.5 Å². The van der Waals surface area contributed by atoms with E-state index < -0.39 is 17.5 Å². The first-order valence-corrected chi connectivity index (χ1v) is 11.3. The minimum absolute atomic E-state index is 0.0233. The molecule has 0 unspecified atom stereocenters. The van der Waals surface area contributed by atoms with E-state index in [0.29, 0.717) is 29.8 Å². The molecule has 1 saturated carbocycles. The van der Waals surface area contributed by atoms with Crippen molar-refractivity contribution in [2.45, 2.75) is 70.7 Å². The smallest absolute Gasteiger partial charge is 0.407 e. The summed E-state index contributed by atoms with van der Waals surface area (Å²) in [6.45, 7) is 9.68. The molecule has 0 radical (unpaired) electrons. The molecule has 4 atom stereocenters. The summed E-state index contributed by atoms with van der Waals surface area (Å²) in [5, 5.41) is 3.66. The summed E-state index contributed by atoms with van der Waals surface area (Å²) in [6, 6.07) is -0.0867. The van der Waals surface area contributed by atoms with E-state index in [4.69, 9.17) is 31.5 Å². The lowest BCUT2D eigenvalue weighted by Crippen LogP contribution is -2.38. The van der Waals surface area contributed by atoms with Crippen LogP contribution in [0.1, 0.15) is 47.1 Å². The number of nitrogens with one attached hydrogen (secondary N) is 1. The standard InChI is InChI=1S/C20H27BrClN5O4/c1-19(2,3)31-18(28)24-7-9-6-11(14-13(9)29-20(4,5)30-14)27-8-10(21)12-15(23)25-17(22)26-16(12)27/h8-9,11,13-14H,6-7H2,1-5H3,(H,24,28)(H2,23,25,26)/t9-,11-,13-,14+/m1/s1. The van der Waals surface area contributed by atoms with Crippen molar-refractivity contribution in [2.75, 3.05) is 12.3 Å². The third-order valence-electron chi connectivity index (χ3n) is 5.44. The molecule has 2 fully saturated rings. The number of aromatic nitrogens is 3. The van der Waals surface area contributed by atoms with E-state index in [1.54, 1.807) is 0 Å². The van der Waals surface area contributed by atoms with Crippen molar-refractivity contribution in [3.63, 3.8) is 0 Å². The van der Waals surface area contributed by atoms with Crippen molar-refractivity contribution < 1.29 is 19.0 Å². The van der Waals surface area contributed by atoms with Crippen LogP contribution in [0.15, 0.2) is 10.7 Å². The number of anilines is 1. The second-order valence-electron chi connectivity index (χ2n) is 9.47. The van der Waals surface area contributed by atoms with E-state index in [2.05, 4.69) is 31.2 Å². The molecule has 11 heteroatoms. The van der Waals surface area contributed by atoms with Crippen LogP contribution in [0.25, 0.3) is 11.0 Å². The fourth-order valence-corrected chi connectivity index (χ4v) is 5.18. The number of alkyl carbamates (subject to hydrolysis) is 1. The summed E-state index contributed by atoms with van der Waals surface area (Å²) in [6.07, 6.45) is 1.76. The quantitative estimate of drug-likeness (QED) is 0.592. The third kappa shape index (κ3) is 4.48. The van der Waals surface area contributed by atoms with Crippen LogP contribution in [0.2, 0.25) is 5.28 Å². The first-order chi connectivity index (χ1) is 14.3. The largest absolute Gasteiger partial charge is 0.444 e. The number of fused-ring (bicyclic) bond motifs is 2. The Hall–Kier alpha value is -1.62. The summed E-state index contributed by atoms with van der Waals surface area (Å²) in [5.74, 6) is -0.401. The van der Waals surface area contributed by atoms with Gasteiger partial charge in [0.05, 0.1) is 17.5 Å². The second kappa shape index (κ2) is 7.75. The number of amides is 1. The van der Waals surface area contributed by atoms with Gasteiger partial charge in [0.25, 0.3) is 0 Å². The normalized spacial score (nSPS) is 27.5. The maximum atomic E-state index is 12.2. The van der Waals surface area contributed by atoms with Crippen LogP contribution in [-0.4, -0.2) is 50.8 Å². The van der Waals surface area contributed by atoms with Crippen LogP contribution < -0.4 is 11.1 Å². The predicted octanol–water partition coefficient (Wildman–Crippen LogP) is 4.04. The van der Waals surface area contributed by atoms with E-state index in [1.165, 1.54) is 0 Å². The van der Waals surface area contributed by atoms with Gasteiger partial charge in [-0.05, 0) is 68.6 Å². The van der Waals surface area contributed by atoms with Gasteiger partial charge in [0, 0.05) is 23.1 Å². The average molecular weight is 517 g/mol. The fraction of sp³-hybridized carbons (Fsp3) is 0.650. The Balaban J connectivity index is 1.62. The van der Waals surface area contributed by atoms with E-state index >= 15 is 0 Å². The van der Waals surface area contributed by atoms with Crippen molar-refractivity contribution in [2.24, 2.45) is 5.92 Å². The lowest BCUT2D eigenvalue weighted by Gasteiger charge is -2.25. The molecule has 2 aliphatic rings. The van der Waals surface area contributed by atoms with Crippen molar-refractivity contribution in [1.82, 2.24) is 19.9 Å². The molecule has 2 aromatic heterocycles. The van der Waals surface area contributed by atoms with Gasteiger partial charge in [0.1, 0.15) is 23.2 Å². The topological polar surface area (TPSA) is 114 Å². The molecule has 170 valence electrons. The van der Waals surface area contributed by atoms with Gasteiger partial charge < -0.3 is 29.8 Å². The van der Waals surface area contributed by atoms with Crippen molar-refractivity contribution in [3.05, 3.63) is 16.0 Å². The Bertz CT molecular complexity index is 1020. The van der Waals surface area contributed by atoms with Gasteiger partial charge in [0.15, 0.2) is 5.79 Å². The SMILES string of the molecule is CC(C)(C)OC(=O)NC[C@H]1C[C@@H](n2cc(Br)c3c(N)nc(Cl)nc32)[C@@H]2OC(C)(C)O[C@H]12. The van der Waals surface area contributed by atoms with E-state index in [1.807, 2.05) is 45.4 Å². The summed E-state index contributed by atoms with van der Waals surface area (Å²) in [7, 11) is 0. The molecule has 4 rings (SSSR count). The first kappa shape index (κ1) is 22.6. The summed E-state index contributed by atoms with van der Waals surface area (Å²) < 4.78 is 20.6. The van der Waals surface area contributed by atoms with Gasteiger partial charge in [-0.1, -0.05) is 0 Å². The highest BCUT2D eigenvalue weighted by molar-refractivity contribution is 9.10. The number of carbonyl (C=O) groups excluding carboxylic acids is 1. The minimum atomic E-state index is -0.732. The molecule has 9 nitrogen and oxygen atoms in total. The highest BCUT2D eigenvalue weighted by Crippen LogP contribution is 2.48. The van der Waals surface area contributed by atoms with Crippen LogP contribution in [0, 0.1) is 5.92 Å². The van der Waals surface area contributed by atoms with Crippen LogP contribution in [0.5, 0.6) is 0 Å². The lowest BCUT2D eigenvalue weighted by atomic mass is 10.1. The van der Waals surface area contributed by atoms with Gasteiger partial charge in [-0.15, -0.1) is 0 Å². The zero-order valence-corrected chi connectivity index (χ0v) is 20.5. The molecule has 31 heavy (non-hydrogen) atoms. The van der Waals surface area contributed by atoms with Gasteiger partial charge in [0.2, 0.25) is 5.28 Å². The Morgan fingerprint density at radius 3 is 2.74 bits per heavy atom. The lowest BCUT2D eigenvalue weighted by molar-refractivity contribution is -0.160. The maximum absolute atomic E-state index is 12.2. The van der Waals surface area contributed by atoms with Gasteiger partial charge in [-0.3, -0.25) is 0 Å². The molecule has 3 N–H and O–H groups in total. The number of nitrogen functional groups attached to an aromatic ring is 1. The monoisotopic (exact) mass is 515 g/mol. The number of ether oxygens (including phenoxy) is 3. The summed E-state index contributed by atoms with van der Waals surface area (Å²) >= 11 is 9.64. The Morgan fingerprint density at radius 1 is 1.39 bits per heavy atom. The molecule has 1 amide bonds. The Morgan fingerprint density at radius 2 is 2.06 bits per heavy atom. The molecule has 0 aromatic carbocycles. The molecule has 1 saturated heterocycles. The van der Waals surface area contributed by atoms with Crippen molar-refractivity contribution in [3.8, 4) is 0 Å². The van der Waals surface area contributed by atoms with Gasteiger partial charge in [-0.25, -0.2) is 9.78 Å². The predicted molar refractivity (Wildman–Crippen MR) is 120 cm³/mol. The van der Waals surface area contributed by atoms with Crippen molar-refractivity contribution in [1.29, 1.82) is 0 Å². The highest BCUT2D eigenvalue weighted by Gasteiger charge is 2.54. The highest BCUT2D eigenvalue weighted by atomic mass is 79.9. The van der Waals surface area contributed by atoms with Crippen LogP contribution in [0.4, 0.5) is 10.6 Å². The zero-order valence-electron chi connectivity index (χ0n) is 18.1. The molecule has 0 spiro atoms. The first-order valence-electron chi connectivity index (χ1n) is 10.2. The number of nitrogens with two attached hydrogens (primary N) is 1. The molecule has 2 aromatic rings. The van der Waals surface area contributed by atoms with E-state index in [0.717, 1.165) is 4.47 Å². The Kier molecular flexibility index (Phi) is 5.65. The minimum Gasteiger partial charge on any atom is -0.444 e. The molecule has 3 heterocycles. The Labute approximate surface area is 194 Å².